The topological polar surface area (TPSA) is 27.0 Å². The number of rotatable bonds is 1. The Morgan fingerprint density at radius 2 is 1.23 bits per heavy atom. The van der Waals surface area contributed by atoms with Gasteiger partial charge in [0.1, 0.15) is 22.9 Å². The number of benzene rings is 3. The molecule has 1 aliphatic rings. The molecule has 3 aromatic rings. The molecule has 0 unspecified atom stereocenters. The lowest BCUT2D eigenvalue weighted by Crippen LogP contribution is -2.22. The molecule has 8 heteroatoms. The number of nitriles is 1. The van der Waals surface area contributed by atoms with Crippen LogP contribution in [0.4, 0.5) is 43.4 Å². The first-order chi connectivity index (χ1) is 14.3. The van der Waals surface area contributed by atoms with Crippen molar-refractivity contribution in [3.63, 3.8) is 0 Å². The zero-order valence-corrected chi connectivity index (χ0v) is 14.9. The van der Waals surface area contributed by atoms with Gasteiger partial charge in [0.2, 0.25) is 0 Å². The van der Waals surface area contributed by atoms with Gasteiger partial charge in [-0.25, -0.2) is 13.2 Å². The molecule has 0 saturated heterocycles. The van der Waals surface area contributed by atoms with Gasteiger partial charge in [0.05, 0.1) is 11.4 Å². The Morgan fingerprint density at radius 3 is 1.70 bits per heavy atom. The van der Waals surface area contributed by atoms with E-state index in [-0.39, 0.29) is 11.4 Å². The summed E-state index contributed by atoms with van der Waals surface area (Å²) in [6, 6.07) is 13.2. The predicted molar refractivity (Wildman–Crippen MR) is 99.6 cm³/mol. The summed E-state index contributed by atoms with van der Waals surface area (Å²) in [4.78, 5) is 0.830. The van der Waals surface area contributed by atoms with Crippen molar-refractivity contribution in [1.29, 1.82) is 5.26 Å². The second-order valence-electron chi connectivity index (χ2n) is 6.44. The molecule has 1 aliphatic heterocycles. The van der Waals surface area contributed by atoms with Gasteiger partial charge in [0, 0.05) is 0 Å². The van der Waals surface area contributed by atoms with Gasteiger partial charge < -0.3 is 4.90 Å². The number of para-hydroxylation sites is 2. The van der Waals surface area contributed by atoms with E-state index in [0.717, 1.165) is 11.0 Å². The lowest BCUT2D eigenvalue weighted by molar-refractivity contribution is -0.139. The van der Waals surface area contributed by atoms with Crippen LogP contribution in [-0.4, -0.2) is 0 Å². The van der Waals surface area contributed by atoms with Crippen LogP contribution < -0.4 is 4.90 Å². The molecule has 0 atom stereocenters. The normalized spacial score (nSPS) is 12.8. The van der Waals surface area contributed by atoms with Crippen LogP contribution >= 0.6 is 0 Å². The van der Waals surface area contributed by atoms with Crippen molar-refractivity contribution in [3.05, 3.63) is 88.2 Å². The lowest BCUT2D eigenvalue weighted by atomic mass is 10.0. The number of hydrogen-bond donors (Lipinski definition) is 0. The average molecular weight is 416 g/mol. The minimum absolute atomic E-state index is 0.0895. The summed E-state index contributed by atoms with van der Waals surface area (Å²) in [5.41, 5.74) is -4.03. The smallest absolute Gasteiger partial charge is 0.306 e. The molecular formula is C22H10F6N2. The third-order valence-electron chi connectivity index (χ3n) is 4.71. The van der Waals surface area contributed by atoms with E-state index < -0.39 is 40.4 Å². The van der Waals surface area contributed by atoms with E-state index in [1.54, 1.807) is 36.4 Å². The van der Waals surface area contributed by atoms with Crippen LogP contribution in [0.3, 0.4) is 0 Å². The largest absolute Gasteiger partial charge is 0.421 e. The van der Waals surface area contributed by atoms with Crippen LogP contribution in [0.5, 0.6) is 0 Å². The number of hydrogen-bond acceptors (Lipinski definition) is 2. The number of alkyl halides is 3. The van der Waals surface area contributed by atoms with Crippen LogP contribution in [0, 0.1) is 28.8 Å². The summed E-state index contributed by atoms with van der Waals surface area (Å²) < 4.78 is 85.8. The summed E-state index contributed by atoms with van der Waals surface area (Å²) in [5, 5.41) is 8.89. The maximum atomic E-state index is 15.1. The molecule has 4 rings (SSSR count). The Kier molecular flexibility index (Phi) is 4.54. The van der Waals surface area contributed by atoms with E-state index >= 15 is 4.39 Å². The number of anilines is 3. The van der Waals surface area contributed by atoms with Crippen LogP contribution in [0.15, 0.2) is 48.5 Å². The molecule has 0 saturated carbocycles. The van der Waals surface area contributed by atoms with Crippen molar-refractivity contribution in [2.24, 2.45) is 0 Å². The summed E-state index contributed by atoms with van der Waals surface area (Å²) in [6.45, 7) is 0. The first-order valence-electron chi connectivity index (χ1n) is 8.59. The monoisotopic (exact) mass is 416 g/mol. The highest BCUT2D eigenvalue weighted by Crippen LogP contribution is 2.49. The van der Waals surface area contributed by atoms with Crippen LogP contribution in [-0.2, 0) is 6.18 Å². The van der Waals surface area contributed by atoms with E-state index in [0.29, 0.717) is 11.1 Å². The summed E-state index contributed by atoms with van der Waals surface area (Å²) in [7, 11) is 0. The molecule has 0 amide bonds. The maximum Gasteiger partial charge on any atom is 0.421 e. The molecule has 0 aliphatic carbocycles. The maximum absolute atomic E-state index is 15.1. The summed E-state index contributed by atoms with van der Waals surface area (Å²) in [5.74, 6) is -6.11. The Balaban J connectivity index is 2.19. The zero-order chi connectivity index (χ0) is 21.6. The van der Waals surface area contributed by atoms with Crippen molar-refractivity contribution in [2.45, 2.75) is 6.18 Å². The van der Waals surface area contributed by atoms with Crippen molar-refractivity contribution in [1.82, 2.24) is 0 Å². The molecule has 2 nitrogen and oxygen atoms in total. The van der Waals surface area contributed by atoms with Gasteiger partial charge in [0.15, 0.2) is 17.5 Å². The highest BCUT2D eigenvalue weighted by molar-refractivity contribution is 5.94. The lowest BCUT2D eigenvalue weighted by Gasteiger charge is -2.30. The van der Waals surface area contributed by atoms with E-state index in [1.165, 1.54) is 24.3 Å². The molecule has 150 valence electrons. The van der Waals surface area contributed by atoms with Crippen LogP contribution in [0.2, 0.25) is 0 Å². The molecule has 1 heterocycles. The number of nitrogens with zero attached hydrogens (tertiary/aromatic N) is 2. The van der Waals surface area contributed by atoms with E-state index in [1.807, 2.05) is 0 Å². The van der Waals surface area contributed by atoms with Gasteiger partial charge in [-0.1, -0.05) is 48.6 Å². The molecule has 0 radical (unpaired) electrons. The first kappa shape index (κ1) is 19.6. The third-order valence-corrected chi connectivity index (χ3v) is 4.71. The van der Waals surface area contributed by atoms with Gasteiger partial charge in [-0.3, -0.25) is 0 Å². The Bertz CT molecular complexity index is 1190. The first-order valence-corrected chi connectivity index (χ1v) is 8.59. The molecule has 0 bridgehead atoms. The molecule has 0 fully saturated rings. The Morgan fingerprint density at radius 1 is 0.733 bits per heavy atom. The van der Waals surface area contributed by atoms with E-state index in [4.69, 9.17) is 5.26 Å². The van der Waals surface area contributed by atoms with Gasteiger partial charge in [-0.2, -0.15) is 18.4 Å². The predicted octanol–water partition coefficient (Wildman–Crippen LogP) is 6.95. The Hall–Kier alpha value is -3.73. The quantitative estimate of drug-likeness (QED) is 0.248. The number of halogens is 6. The Labute approximate surface area is 166 Å². The van der Waals surface area contributed by atoms with Crippen molar-refractivity contribution >= 4 is 29.2 Å². The van der Waals surface area contributed by atoms with Crippen molar-refractivity contribution < 1.29 is 26.3 Å². The minimum atomic E-state index is -5.40. The number of fused-ring (bicyclic) bond motifs is 2. The van der Waals surface area contributed by atoms with Gasteiger partial charge in [0.25, 0.3) is 0 Å². The van der Waals surface area contributed by atoms with Gasteiger partial charge in [-0.05, 0) is 23.3 Å². The van der Waals surface area contributed by atoms with Crippen LogP contribution in [0.1, 0.15) is 22.3 Å². The minimum Gasteiger partial charge on any atom is -0.306 e. The van der Waals surface area contributed by atoms with E-state index in [2.05, 4.69) is 0 Å². The molecule has 3 aromatic carbocycles. The molecule has 0 aromatic heterocycles. The SMILES string of the molecule is N#Cc1c(F)c(F)c(N2c3ccccc3C=Cc3ccccc32)c(C(F)(F)F)c1F. The van der Waals surface area contributed by atoms with Gasteiger partial charge in [-0.15, -0.1) is 0 Å². The highest BCUT2D eigenvalue weighted by Gasteiger charge is 2.44. The van der Waals surface area contributed by atoms with Crippen molar-refractivity contribution in [2.75, 3.05) is 4.90 Å². The van der Waals surface area contributed by atoms with Crippen LogP contribution in [0.25, 0.3) is 12.2 Å². The fourth-order valence-electron chi connectivity index (χ4n) is 3.43. The average Bonchev–Trinajstić information content (AvgIpc) is 2.87. The standard InChI is InChI=1S/C22H10F6N2/c23-18-14(11-29)19(24)20(25)21(17(18)22(26,27)28)30-15-7-3-1-5-12(15)9-10-13-6-2-4-8-16(13)30/h1-10H. The second kappa shape index (κ2) is 6.95. The summed E-state index contributed by atoms with van der Waals surface area (Å²) >= 11 is 0. The van der Waals surface area contributed by atoms with E-state index in [9.17, 15) is 22.0 Å². The molecule has 30 heavy (non-hydrogen) atoms. The molecule has 0 N–H and O–H groups in total. The fraction of sp³-hybridized carbons (Fsp3) is 0.0455. The summed E-state index contributed by atoms with van der Waals surface area (Å²) in [6.07, 6.45) is -2.19. The molecular weight excluding hydrogens is 406 g/mol. The zero-order valence-electron chi connectivity index (χ0n) is 14.9. The van der Waals surface area contributed by atoms with Crippen molar-refractivity contribution in [3.8, 4) is 6.07 Å². The molecule has 0 spiro atoms. The fourth-order valence-corrected chi connectivity index (χ4v) is 3.43. The highest BCUT2D eigenvalue weighted by atomic mass is 19.4. The van der Waals surface area contributed by atoms with Gasteiger partial charge >= 0.3 is 6.18 Å². The third kappa shape index (κ3) is 2.90. The second-order valence-corrected chi connectivity index (χ2v) is 6.44.